The maximum Gasteiger partial charge on any atom is 0.163 e. The van der Waals surface area contributed by atoms with E-state index in [9.17, 15) is 5.11 Å². The smallest absolute Gasteiger partial charge is 0.163 e. The molecule has 1 aliphatic carbocycles. The Morgan fingerprint density at radius 2 is 1.76 bits per heavy atom. The molecule has 0 aliphatic heterocycles. The Bertz CT molecular complexity index is 492. The molecule has 2 atom stereocenters. The summed E-state index contributed by atoms with van der Waals surface area (Å²) < 4.78 is 10.1. The maximum atomic E-state index is 9.79. The molecule has 0 amide bonds. The number of phenolic OH excluding ortho intramolecular Hbond substituents is 1. The molecule has 0 radical (unpaired) electrons. The van der Waals surface area contributed by atoms with E-state index in [1.54, 1.807) is 6.07 Å². The van der Waals surface area contributed by atoms with Crippen LogP contribution < -0.4 is 0 Å². The van der Waals surface area contributed by atoms with Gasteiger partial charge in [-0.1, -0.05) is 23.2 Å². The molecule has 2 unspecified atom stereocenters. The predicted octanol–water partition coefficient (Wildman–Crippen LogP) is 4.99. The fourth-order valence-electron chi connectivity index (χ4n) is 2.48. The van der Waals surface area contributed by atoms with Crippen LogP contribution >= 0.6 is 46.4 Å². The second kappa shape index (κ2) is 6.69. The number of benzene rings is 1. The van der Waals surface area contributed by atoms with Gasteiger partial charge >= 0.3 is 0 Å². The zero-order chi connectivity index (χ0) is 15.8. The minimum atomic E-state index is -1.03. The number of hydrogen-bond acceptors (Lipinski definition) is 3. The van der Waals surface area contributed by atoms with Crippen molar-refractivity contribution in [3.05, 3.63) is 27.7 Å². The number of phenols is 1. The minimum absolute atomic E-state index is 0.0988. The highest BCUT2D eigenvalue weighted by Gasteiger charge is 2.68. The summed E-state index contributed by atoms with van der Waals surface area (Å²) in [5.41, 5.74) is 0.710. The lowest BCUT2D eigenvalue weighted by molar-refractivity contribution is -0.149. The molecule has 7 heteroatoms. The van der Waals surface area contributed by atoms with Gasteiger partial charge in [-0.25, -0.2) is 0 Å². The molecule has 0 heterocycles. The molecule has 3 nitrogen and oxygen atoms in total. The first-order valence-electron chi connectivity index (χ1n) is 6.63. The molecule has 1 N–H and O–H groups in total. The summed E-state index contributed by atoms with van der Waals surface area (Å²) in [4.78, 5) is 0. The highest BCUT2D eigenvalue weighted by atomic mass is 35.5. The second-order valence-corrected chi connectivity index (χ2v) is 7.02. The standard InChI is InChI=1S/C14H16Cl4O3/c1-3-20-13(21-4-2)11-10(14(11,17)18)7-5-8(15)12(16)9(19)6-7/h5-6,10-11,13,19H,3-4H2,1-2H3. The van der Waals surface area contributed by atoms with Crippen molar-refractivity contribution in [3.8, 4) is 5.75 Å². The van der Waals surface area contributed by atoms with Gasteiger partial charge in [0.1, 0.15) is 15.1 Å². The van der Waals surface area contributed by atoms with Gasteiger partial charge in [-0.05, 0) is 31.5 Å². The van der Waals surface area contributed by atoms with Crippen LogP contribution in [0.3, 0.4) is 0 Å². The van der Waals surface area contributed by atoms with E-state index in [0.29, 0.717) is 18.8 Å². The monoisotopic (exact) mass is 372 g/mol. The Morgan fingerprint density at radius 1 is 1.19 bits per heavy atom. The molecule has 1 aliphatic rings. The lowest BCUT2D eigenvalue weighted by atomic mass is 10.1. The third-order valence-corrected chi connectivity index (χ3v) is 5.22. The van der Waals surface area contributed by atoms with Gasteiger partial charge in [-0.2, -0.15) is 0 Å². The van der Waals surface area contributed by atoms with Crippen LogP contribution in [0.2, 0.25) is 10.0 Å². The van der Waals surface area contributed by atoms with Gasteiger partial charge in [-0.3, -0.25) is 0 Å². The highest BCUT2D eigenvalue weighted by molar-refractivity contribution is 6.52. The molecular weight excluding hydrogens is 358 g/mol. The van der Waals surface area contributed by atoms with Crippen LogP contribution in [0.15, 0.2) is 12.1 Å². The molecule has 118 valence electrons. The number of rotatable bonds is 6. The summed E-state index contributed by atoms with van der Waals surface area (Å²) in [7, 11) is 0. The minimum Gasteiger partial charge on any atom is -0.506 e. The zero-order valence-electron chi connectivity index (χ0n) is 11.6. The van der Waals surface area contributed by atoms with Gasteiger partial charge in [0, 0.05) is 19.1 Å². The van der Waals surface area contributed by atoms with E-state index in [1.165, 1.54) is 6.07 Å². The van der Waals surface area contributed by atoms with Crippen LogP contribution in [0, 0.1) is 5.92 Å². The van der Waals surface area contributed by atoms with E-state index >= 15 is 0 Å². The van der Waals surface area contributed by atoms with E-state index in [2.05, 4.69) is 0 Å². The molecule has 21 heavy (non-hydrogen) atoms. The number of aromatic hydroxyl groups is 1. The van der Waals surface area contributed by atoms with Crippen molar-refractivity contribution >= 4 is 46.4 Å². The lowest BCUT2D eigenvalue weighted by Crippen LogP contribution is -2.22. The average molecular weight is 374 g/mol. The number of hydrogen-bond donors (Lipinski definition) is 1. The first-order chi connectivity index (χ1) is 9.84. The van der Waals surface area contributed by atoms with Crippen LogP contribution in [0.25, 0.3) is 0 Å². The van der Waals surface area contributed by atoms with Crippen LogP contribution in [-0.4, -0.2) is 28.9 Å². The number of alkyl halides is 2. The Balaban J connectivity index is 2.28. The van der Waals surface area contributed by atoms with Crippen LogP contribution in [0.5, 0.6) is 5.75 Å². The van der Waals surface area contributed by atoms with Crippen LogP contribution in [0.4, 0.5) is 0 Å². The first kappa shape index (κ1) is 17.5. The zero-order valence-corrected chi connectivity index (χ0v) is 14.6. The summed E-state index contributed by atoms with van der Waals surface area (Å²) in [5, 5.41) is 10.2. The molecule has 0 bridgehead atoms. The predicted molar refractivity (Wildman–Crippen MR) is 85.8 cm³/mol. The van der Waals surface area contributed by atoms with Gasteiger partial charge < -0.3 is 14.6 Å². The van der Waals surface area contributed by atoms with Crippen molar-refractivity contribution in [1.82, 2.24) is 0 Å². The molecule has 2 rings (SSSR count). The Labute approximate surface area is 144 Å². The van der Waals surface area contributed by atoms with Crippen molar-refractivity contribution in [2.75, 3.05) is 13.2 Å². The molecule has 0 aromatic heterocycles. The van der Waals surface area contributed by atoms with Gasteiger partial charge in [-0.15, -0.1) is 23.2 Å². The Kier molecular flexibility index (Phi) is 5.56. The van der Waals surface area contributed by atoms with Crippen molar-refractivity contribution in [1.29, 1.82) is 0 Å². The molecule has 1 aromatic carbocycles. The largest absolute Gasteiger partial charge is 0.506 e. The van der Waals surface area contributed by atoms with E-state index in [0.717, 1.165) is 0 Å². The fraction of sp³-hybridized carbons (Fsp3) is 0.571. The SMILES string of the molecule is CCOC(OCC)C1C(c2cc(O)c(Cl)c(Cl)c2)C1(Cl)Cl. The van der Waals surface area contributed by atoms with E-state index < -0.39 is 10.6 Å². The molecule has 1 aromatic rings. The van der Waals surface area contributed by atoms with Gasteiger partial charge in [0.2, 0.25) is 0 Å². The van der Waals surface area contributed by atoms with Crippen LogP contribution in [-0.2, 0) is 9.47 Å². The van der Waals surface area contributed by atoms with E-state index in [1.807, 2.05) is 13.8 Å². The average Bonchev–Trinajstić information content (AvgIpc) is 2.98. The fourth-order valence-corrected chi connectivity index (χ4v) is 3.66. The summed E-state index contributed by atoms with van der Waals surface area (Å²) in [5.74, 6) is -0.583. The Morgan fingerprint density at radius 3 is 2.24 bits per heavy atom. The van der Waals surface area contributed by atoms with Crippen LogP contribution in [0.1, 0.15) is 25.3 Å². The summed E-state index contributed by atoms with van der Waals surface area (Å²) in [6, 6.07) is 3.18. The highest BCUT2D eigenvalue weighted by Crippen LogP contribution is 2.67. The van der Waals surface area contributed by atoms with Crippen molar-refractivity contribution in [2.24, 2.45) is 5.92 Å². The van der Waals surface area contributed by atoms with Crippen molar-refractivity contribution in [3.63, 3.8) is 0 Å². The quantitative estimate of drug-likeness (QED) is 0.564. The third-order valence-electron chi connectivity index (χ3n) is 3.45. The maximum absolute atomic E-state index is 9.79. The second-order valence-electron chi connectivity index (χ2n) is 4.79. The van der Waals surface area contributed by atoms with Gasteiger partial charge in [0.05, 0.1) is 10.9 Å². The molecule has 0 spiro atoms. The first-order valence-corrected chi connectivity index (χ1v) is 8.14. The van der Waals surface area contributed by atoms with E-state index in [4.69, 9.17) is 55.9 Å². The number of halogens is 4. The molecule has 1 saturated carbocycles. The lowest BCUT2D eigenvalue weighted by Gasteiger charge is -2.17. The number of ether oxygens (including phenoxy) is 2. The molecular formula is C14H16Cl4O3. The topological polar surface area (TPSA) is 38.7 Å². The van der Waals surface area contributed by atoms with Gasteiger partial charge in [0.15, 0.2) is 6.29 Å². The molecule has 0 saturated heterocycles. The normalized spacial score (nSPS) is 23.6. The molecule has 1 fully saturated rings. The Hall–Kier alpha value is 0.1000. The van der Waals surface area contributed by atoms with Crippen molar-refractivity contribution < 1.29 is 14.6 Å². The van der Waals surface area contributed by atoms with E-state index in [-0.39, 0.29) is 27.6 Å². The summed E-state index contributed by atoms with van der Waals surface area (Å²) in [6.07, 6.45) is -0.503. The summed E-state index contributed by atoms with van der Waals surface area (Å²) >= 11 is 24.6. The third kappa shape index (κ3) is 3.39. The van der Waals surface area contributed by atoms with Gasteiger partial charge in [0.25, 0.3) is 0 Å². The van der Waals surface area contributed by atoms with Crippen molar-refractivity contribution in [2.45, 2.75) is 30.4 Å². The summed E-state index contributed by atoms with van der Waals surface area (Å²) in [6.45, 7) is 4.73.